The van der Waals surface area contributed by atoms with Crippen molar-refractivity contribution in [3.63, 3.8) is 0 Å². The molecule has 0 spiro atoms. The molecule has 1 atom stereocenters. The lowest BCUT2D eigenvalue weighted by molar-refractivity contribution is 0.440. The molecule has 0 unspecified atom stereocenters. The molecule has 1 aliphatic heterocycles. The van der Waals surface area contributed by atoms with Gasteiger partial charge in [0.05, 0.1) is 5.56 Å². The molecule has 1 aromatic rings. The summed E-state index contributed by atoms with van der Waals surface area (Å²) in [6.45, 7) is 0.850. The summed E-state index contributed by atoms with van der Waals surface area (Å²) in [7, 11) is 0. The van der Waals surface area contributed by atoms with Crippen LogP contribution in [0, 0.1) is 0 Å². The van der Waals surface area contributed by atoms with Crippen LogP contribution in [0.5, 0.6) is 5.75 Å². The molecule has 2 rings (SSSR count). The third kappa shape index (κ3) is 0.814. The highest BCUT2D eigenvalue weighted by molar-refractivity contribution is 5.40. The van der Waals surface area contributed by atoms with Gasteiger partial charge in [0.1, 0.15) is 0 Å². The summed E-state index contributed by atoms with van der Waals surface area (Å²) in [5, 5.41) is 12.1. The molecule has 0 saturated carbocycles. The number of hydrogen-bond donors (Lipinski definition) is 2. The Morgan fingerprint density at radius 3 is 2.58 bits per heavy atom. The fraction of sp³-hybridized carbons (Fsp3) is 0.500. The van der Waals surface area contributed by atoms with Gasteiger partial charge < -0.3 is 10.4 Å². The van der Waals surface area contributed by atoms with Gasteiger partial charge >= 0.3 is 0 Å². The maximum absolute atomic E-state index is 11.0. The standard InChI is InChI=1S/C8H9NO3/c10-6-5(7(11)8(6)12)4-2-1-3-9-4/h4,9-10H,1-3H2/t4-/m0/s1. The van der Waals surface area contributed by atoms with Crippen LogP contribution in [-0.4, -0.2) is 11.7 Å². The highest BCUT2D eigenvalue weighted by Crippen LogP contribution is 2.25. The van der Waals surface area contributed by atoms with Gasteiger partial charge in [-0.25, -0.2) is 0 Å². The van der Waals surface area contributed by atoms with Gasteiger partial charge in [-0.2, -0.15) is 0 Å². The second-order valence-electron chi connectivity index (χ2n) is 3.07. The third-order valence-corrected chi connectivity index (χ3v) is 2.33. The van der Waals surface area contributed by atoms with Gasteiger partial charge in [-0.05, 0) is 19.4 Å². The van der Waals surface area contributed by atoms with E-state index in [1.807, 2.05) is 0 Å². The number of hydrogen-bond acceptors (Lipinski definition) is 4. The molecule has 1 fully saturated rings. The van der Waals surface area contributed by atoms with Crippen LogP contribution in [0.15, 0.2) is 9.59 Å². The van der Waals surface area contributed by atoms with Crippen LogP contribution < -0.4 is 16.2 Å². The molecule has 0 aliphatic carbocycles. The molecule has 4 heteroatoms. The summed E-state index contributed by atoms with van der Waals surface area (Å²) in [5.41, 5.74) is -0.969. The summed E-state index contributed by atoms with van der Waals surface area (Å²) in [6.07, 6.45) is 1.82. The smallest absolute Gasteiger partial charge is 0.268 e. The zero-order chi connectivity index (χ0) is 8.72. The van der Waals surface area contributed by atoms with E-state index in [9.17, 15) is 9.59 Å². The average molecular weight is 167 g/mol. The summed E-state index contributed by atoms with van der Waals surface area (Å²) in [6, 6.07) is -0.0878. The van der Waals surface area contributed by atoms with Crippen molar-refractivity contribution in [3.8, 4) is 5.75 Å². The van der Waals surface area contributed by atoms with Gasteiger partial charge in [0.25, 0.3) is 5.43 Å². The fourth-order valence-electron chi connectivity index (χ4n) is 1.65. The second-order valence-corrected chi connectivity index (χ2v) is 3.07. The maximum Gasteiger partial charge on any atom is 0.268 e. The lowest BCUT2D eigenvalue weighted by atomic mass is 10.00. The van der Waals surface area contributed by atoms with E-state index in [2.05, 4.69) is 5.32 Å². The van der Waals surface area contributed by atoms with Gasteiger partial charge in [-0.1, -0.05) is 0 Å². The second kappa shape index (κ2) is 2.42. The normalized spacial score (nSPS) is 23.5. The van der Waals surface area contributed by atoms with Crippen molar-refractivity contribution >= 4 is 0 Å². The van der Waals surface area contributed by atoms with Crippen molar-refractivity contribution < 1.29 is 5.11 Å². The Hall–Kier alpha value is -1.16. The molecule has 64 valence electrons. The molecule has 0 radical (unpaired) electrons. The molecule has 1 aliphatic rings. The van der Waals surface area contributed by atoms with Crippen molar-refractivity contribution in [2.75, 3.05) is 6.54 Å². The van der Waals surface area contributed by atoms with Crippen LogP contribution >= 0.6 is 0 Å². The van der Waals surface area contributed by atoms with E-state index < -0.39 is 10.9 Å². The molecule has 1 heterocycles. The predicted molar refractivity (Wildman–Crippen MR) is 43.0 cm³/mol. The van der Waals surface area contributed by atoms with Crippen molar-refractivity contribution in [2.24, 2.45) is 0 Å². The van der Waals surface area contributed by atoms with Crippen LogP contribution in [0.3, 0.4) is 0 Å². The van der Waals surface area contributed by atoms with Crippen LogP contribution in [0.1, 0.15) is 24.4 Å². The summed E-state index contributed by atoms with van der Waals surface area (Å²) >= 11 is 0. The lowest BCUT2D eigenvalue weighted by Gasteiger charge is -2.12. The van der Waals surface area contributed by atoms with Crippen molar-refractivity contribution in [1.82, 2.24) is 5.32 Å². The average Bonchev–Trinajstić information content (AvgIpc) is 2.57. The first-order valence-corrected chi connectivity index (χ1v) is 3.97. The SMILES string of the molecule is O=c1c(O)c([C@@H]2CCCN2)c1=O. The van der Waals surface area contributed by atoms with Gasteiger partial charge in [0.2, 0.25) is 5.43 Å². The molecule has 2 N–H and O–H groups in total. The monoisotopic (exact) mass is 167 g/mol. The lowest BCUT2D eigenvalue weighted by Crippen LogP contribution is -2.38. The van der Waals surface area contributed by atoms with E-state index in [0.29, 0.717) is 0 Å². The largest absolute Gasteiger partial charge is 0.504 e. The van der Waals surface area contributed by atoms with E-state index in [4.69, 9.17) is 5.11 Å². The first-order valence-electron chi connectivity index (χ1n) is 3.97. The van der Waals surface area contributed by atoms with Crippen LogP contribution in [-0.2, 0) is 0 Å². The molecule has 4 nitrogen and oxygen atoms in total. The van der Waals surface area contributed by atoms with Crippen molar-refractivity contribution in [1.29, 1.82) is 0 Å². The molecule has 1 saturated heterocycles. The first-order chi connectivity index (χ1) is 5.72. The molecular weight excluding hydrogens is 158 g/mol. The van der Waals surface area contributed by atoms with Crippen LogP contribution in [0.25, 0.3) is 0 Å². The number of nitrogens with one attached hydrogen (secondary N) is 1. The summed E-state index contributed by atoms with van der Waals surface area (Å²) in [5.74, 6) is -0.334. The highest BCUT2D eigenvalue weighted by atomic mass is 16.3. The Bertz CT molecular complexity index is 369. The van der Waals surface area contributed by atoms with E-state index in [1.54, 1.807) is 0 Å². The number of rotatable bonds is 1. The topological polar surface area (TPSA) is 66.4 Å². The van der Waals surface area contributed by atoms with Crippen LogP contribution in [0.4, 0.5) is 0 Å². The van der Waals surface area contributed by atoms with E-state index in [0.717, 1.165) is 19.4 Å². The minimum absolute atomic E-state index is 0.0878. The highest BCUT2D eigenvalue weighted by Gasteiger charge is 2.29. The Balaban J connectivity index is 2.35. The molecule has 0 bridgehead atoms. The van der Waals surface area contributed by atoms with Gasteiger partial charge in [0.15, 0.2) is 5.75 Å². The zero-order valence-electron chi connectivity index (χ0n) is 6.46. The Kier molecular flexibility index (Phi) is 1.51. The minimum atomic E-state index is -0.737. The summed E-state index contributed by atoms with van der Waals surface area (Å²) in [4.78, 5) is 21.6. The molecule has 0 amide bonds. The van der Waals surface area contributed by atoms with Gasteiger partial charge in [0, 0.05) is 6.04 Å². The van der Waals surface area contributed by atoms with Crippen LogP contribution in [0.2, 0.25) is 0 Å². The van der Waals surface area contributed by atoms with E-state index >= 15 is 0 Å². The fourth-order valence-corrected chi connectivity index (χ4v) is 1.65. The third-order valence-electron chi connectivity index (χ3n) is 2.33. The molecule has 12 heavy (non-hydrogen) atoms. The number of aromatic hydroxyl groups is 1. The molecular formula is C8H9NO3. The minimum Gasteiger partial charge on any atom is -0.504 e. The van der Waals surface area contributed by atoms with Crippen molar-refractivity contribution in [2.45, 2.75) is 18.9 Å². The van der Waals surface area contributed by atoms with Gasteiger partial charge in [-0.15, -0.1) is 0 Å². The summed E-state index contributed by atoms with van der Waals surface area (Å²) < 4.78 is 0. The molecule has 1 aromatic carbocycles. The Morgan fingerprint density at radius 1 is 1.33 bits per heavy atom. The Morgan fingerprint density at radius 2 is 2.08 bits per heavy atom. The Labute approximate surface area is 68.5 Å². The quantitative estimate of drug-likeness (QED) is 0.549. The first kappa shape index (κ1) is 7.49. The maximum atomic E-state index is 11.0. The van der Waals surface area contributed by atoms with E-state index in [-0.39, 0.29) is 17.4 Å². The van der Waals surface area contributed by atoms with E-state index in [1.165, 1.54) is 0 Å². The van der Waals surface area contributed by atoms with Crippen molar-refractivity contribution in [3.05, 3.63) is 26.0 Å². The van der Waals surface area contributed by atoms with Gasteiger partial charge in [-0.3, -0.25) is 9.59 Å². The predicted octanol–water partition coefficient (Wildman–Crippen LogP) is -0.587. The molecule has 0 aromatic heterocycles. The zero-order valence-corrected chi connectivity index (χ0v) is 6.46.